The molecular weight excluding hydrogens is 298 g/mol. The zero-order valence-electron chi connectivity index (χ0n) is 12.3. The van der Waals surface area contributed by atoms with Crippen LogP contribution in [0.5, 0.6) is 0 Å². The molecule has 3 rings (SSSR count). The van der Waals surface area contributed by atoms with E-state index < -0.39 is 0 Å². The molecule has 112 valence electrons. The summed E-state index contributed by atoms with van der Waals surface area (Å²) in [7, 11) is 1.78. The van der Waals surface area contributed by atoms with Crippen LogP contribution >= 0.6 is 11.5 Å². The highest BCUT2D eigenvalue weighted by molar-refractivity contribution is 7.05. The van der Waals surface area contributed by atoms with Gasteiger partial charge < -0.3 is 4.90 Å². The summed E-state index contributed by atoms with van der Waals surface area (Å²) < 4.78 is 5.63. The molecule has 3 aromatic rings. The predicted molar refractivity (Wildman–Crippen MR) is 84.0 cm³/mol. The van der Waals surface area contributed by atoms with Crippen LogP contribution in [0.1, 0.15) is 20.9 Å². The number of hydrogen-bond acceptors (Lipinski definition) is 5. The molecule has 1 amide bonds. The van der Waals surface area contributed by atoms with Crippen LogP contribution in [-0.4, -0.2) is 37.2 Å². The number of nitrogens with zero attached hydrogens (tertiary/aromatic N) is 5. The van der Waals surface area contributed by atoms with E-state index in [0.717, 1.165) is 16.3 Å². The number of aryl methyl sites for hydroxylation is 1. The van der Waals surface area contributed by atoms with Gasteiger partial charge in [0.2, 0.25) is 0 Å². The molecule has 0 atom stereocenters. The Kier molecular flexibility index (Phi) is 3.97. The van der Waals surface area contributed by atoms with E-state index in [1.54, 1.807) is 22.8 Å². The largest absolute Gasteiger partial charge is 0.336 e. The van der Waals surface area contributed by atoms with Crippen molar-refractivity contribution in [2.75, 3.05) is 7.05 Å². The van der Waals surface area contributed by atoms with Crippen LogP contribution in [0.15, 0.2) is 42.7 Å². The lowest BCUT2D eigenvalue weighted by atomic mass is 10.1. The van der Waals surface area contributed by atoms with Gasteiger partial charge in [-0.3, -0.25) is 4.79 Å². The number of amides is 1. The molecule has 0 saturated heterocycles. The molecule has 0 aliphatic carbocycles. The van der Waals surface area contributed by atoms with Gasteiger partial charge in [0.25, 0.3) is 5.91 Å². The van der Waals surface area contributed by atoms with Crippen LogP contribution in [0.3, 0.4) is 0 Å². The first-order chi connectivity index (χ1) is 10.6. The van der Waals surface area contributed by atoms with Gasteiger partial charge in [-0.05, 0) is 42.7 Å². The highest BCUT2D eigenvalue weighted by Crippen LogP contribution is 2.15. The van der Waals surface area contributed by atoms with Crippen molar-refractivity contribution in [1.29, 1.82) is 0 Å². The van der Waals surface area contributed by atoms with Gasteiger partial charge in [-0.15, -0.1) is 5.10 Å². The summed E-state index contributed by atoms with van der Waals surface area (Å²) in [6, 6.07) is 9.27. The molecule has 0 fully saturated rings. The summed E-state index contributed by atoms with van der Waals surface area (Å²) in [5.41, 5.74) is 2.36. The predicted octanol–water partition coefficient (Wildman–Crippen LogP) is 2.30. The Balaban J connectivity index is 1.80. The Hall–Kier alpha value is -2.54. The van der Waals surface area contributed by atoms with Crippen molar-refractivity contribution in [1.82, 2.24) is 24.3 Å². The number of carbonyl (C=O) groups excluding carboxylic acids is 1. The van der Waals surface area contributed by atoms with Crippen molar-refractivity contribution < 1.29 is 4.79 Å². The highest BCUT2D eigenvalue weighted by atomic mass is 32.1. The van der Waals surface area contributed by atoms with Gasteiger partial charge in [0.05, 0.1) is 22.8 Å². The maximum Gasteiger partial charge on any atom is 0.254 e. The van der Waals surface area contributed by atoms with Gasteiger partial charge in [0.15, 0.2) is 0 Å². The fraction of sp³-hybridized carbons (Fsp3) is 0.200. The van der Waals surface area contributed by atoms with E-state index in [2.05, 4.69) is 14.7 Å². The molecule has 0 unspecified atom stereocenters. The minimum absolute atomic E-state index is 0.0400. The number of aromatic nitrogens is 4. The van der Waals surface area contributed by atoms with Gasteiger partial charge in [-0.25, -0.2) is 4.68 Å². The smallest absolute Gasteiger partial charge is 0.254 e. The third-order valence-electron chi connectivity index (χ3n) is 3.33. The summed E-state index contributed by atoms with van der Waals surface area (Å²) in [6.45, 7) is 2.41. The second-order valence-corrected chi connectivity index (χ2v) is 5.78. The van der Waals surface area contributed by atoms with Gasteiger partial charge in [-0.1, -0.05) is 10.6 Å². The van der Waals surface area contributed by atoms with E-state index in [1.165, 1.54) is 11.5 Å². The third-order valence-corrected chi connectivity index (χ3v) is 4.14. The average Bonchev–Trinajstić information content (AvgIpc) is 3.19. The van der Waals surface area contributed by atoms with Gasteiger partial charge in [-0.2, -0.15) is 5.10 Å². The SMILES string of the molecule is Cc1nnsc1CN(C)C(=O)c1cccc(-n2cccn2)c1. The molecule has 2 aromatic heterocycles. The van der Waals surface area contributed by atoms with Crippen LogP contribution in [-0.2, 0) is 6.54 Å². The van der Waals surface area contributed by atoms with Crippen molar-refractivity contribution >= 4 is 17.4 Å². The van der Waals surface area contributed by atoms with Gasteiger partial charge in [0, 0.05) is 25.0 Å². The molecule has 2 heterocycles. The summed E-state index contributed by atoms with van der Waals surface area (Å²) >= 11 is 1.32. The van der Waals surface area contributed by atoms with Crippen LogP contribution in [0.25, 0.3) is 5.69 Å². The maximum atomic E-state index is 12.6. The number of hydrogen-bond donors (Lipinski definition) is 0. The quantitative estimate of drug-likeness (QED) is 0.741. The van der Waals surface area contributed by atoms with Crippen molar-refractivity contribution in [3.63, 3.8) is 0 Å². The Labute approximate surface area is 132 Å². The fourth-order valence-corrected chi connectivity index (χ4v) is 2.79. The molecule has 0 aliphatic heterocycles. The molecule has 0 aliphatic rings. The zero-order valence-corrected chi connectivity index (χ0v) is 13.1. The molecule has 0 bridgehead atoms. The van der Waals surface area contributed by atoms with Crippen LogP contribution < -0.4 is 0 Å². The molecule has 6 nitrogen and oxygen atoms in total. The summed E-state index contributed by atoms with van der Waals surface area (Å²) in [5, 5.41) is 8.15. The second kappa shape index (κ2) is 6.07. The monoisotopic (exact) mass is 313 g/mol. The van der Waals surface area contributed by atoms with Crippen molar-refractivity contribution in [3.8, 4) is 5.69 Å². The number of carbonyl (C=O) groups is 1. The Bertz CT molecular complexity index is 781. The topological polar surface area (TPSA) is 63.9 Å². The van der Waals surface area contributed by atoms with E-state index >= 15 is 0 Å². The van der Waals surface area contributed by atoms with E-state index in [1.807, 2.05) is 43.5 Å². The zero-order chi connectivity index (χ0) is 15.5. The highest BCUT2D eigenvalue weighted by Gasteiger charge is 2.15. The first-order valence-electron chi connectivity index (χ1n) is 6.78. The van der Waals surface area contributed by atoms with Crippen LogP contribution in [0, 0.1) is 6.92 Å². The first-order valence-corrected chi connectivity index (χ1v) is 7.56. The second-order valence-electron chi connectivity index (χ2n) is 4.94. The Morgan fingerprint density at radius 1 is 1.36 bits per heavy atom. The minimum Gasteiger partial charge on any atom is -0.336 e. The molecule has 0 spiro atoms. The summed E-state index contributed by atoms with van der Waals surface area (Å²) in [4.78, 5) is 15.2. The van der Waals surface area contributed by atoms with Crippen LogP contribution in [0.2, 0.25) is 0 Å². The Morgan fingerprint density at radius 2 is 2.23 bits per heavy atom. The number of benzene rings is 1. The fourth-order valence-electron chi connectivity index (χ4n) is 2.11. The van der Waals surface area contributed by atoms with Crippen molar-refractivity contribution in [3.05, 3.63) is 58.9 Å². The average molecular weight is 313 g/mol. The maximum absolute atomic E-state index is 12.6. The summed E-state index contributed by atoms with van der Waals surface area (Å²) in [6.07, 6.45) is 3.56. The van der Waals surface area contributed by atoms with Crippen molar-refractivity contribution in [2.45, 2.75) is 13.5 Å². The lowest BCUT2D eigenvalue weighted by Crippen LogP contribution is -2.26. The van der Waals surface area contributed by atoms with Gasteiger partial charge in [0.1, 0.15) is 0 Å². The van der Waals surface area contributed by atoms with Crippen LogP contribution in [0.4, 0.5) is 0 Å². The van der Waals surface area contributed by atoms with E-state index in [4.69, 9.17) is 0 Å². The van der Waals surface area contributed by atoms with Gasteiger partial charge >= 0.3 is 0 Å². The van der Waals surface area contributed by atoms with E-state index in [9.17, 15) is 4.79 Å². The van der Waals surface area contributed by atoms with Crippen molar-refractivity contribution in [2.24, 2.45) is 0 Å². The standard InChI is InChI=1S/C15H15N5OS/c1-11-14(22-18-17-11)10-19(2)15(21)12-5-3-6-13(9-12)20-8-4-7-16-20/h3-9H,10H2,1-2H3. The molecule has 0 N–H and O–H groups in total. The molecule has 0 saturated carbocycles. The number of rotatable bonds is 4. The molecule has 22 heavy (non-hydrogen) atoms. The molecule has 7 heteroatoms. The normalized spacial score (nSPS) is 10.6. The minimum atomic E-state index is -0.0400. The lowest BCUT2D eigenvalue weighted by molar-refractivity contribution is 0.0786. The molecule has 1 aromatic carbocycles. The molecular formula is C15H15N5OS. The Morgan fingerprint density at radius 3 is 2.91 bits per heavy atom. The third kappa shape index (κ3) is 2.89. The summed E-state index contributed by atoms with van der Waals surface area (Å²) in [5.74, 6) is -0.0400. The molecule has 0 radical (unpaired) electrons. The first kappa shape index (κ1) is 14.4. The lowest BCUT2D eigenvalue weighted by Gasteiger charge is -2.16. The van der Waals surface area contributed by atoms with E-state index in [0.29, 0.717) is 12.1 Å². The van der Waals surface area contributed by atoms with E-state index in [-0.39, 0.29) is 5.91 Å².